The number of para-hydroxylation sites is 2. The zero-order valence-electron chi connectivity index (χ0n) is 31.3. The van der Waals surface area contributed by atoms with Gasteiger partial charge in [0.25, 0.3) is 0 Å². The van der Waals surface area contributed by atoms with E-state index in [0.29, 0.717) is 17.5 Å². The van der Waals surface area contributed by atoms with Gasteiger partial charge >= 0.3 is 0 Å². The van der Waals surface area contributed by atoms with E-state index < -0.39 is 0 Å². The number of nitrogens with zero attached hydrogens (tertiary/aromatic N) is 5. The van der Waals surface area contributed by atoms with Gasteiger partial charge in [-0.05, 0) is 63.9 Å². The summed E-state index contributed by atoms with van der Waals surface area (Å²) in [4.78, 5) is 25.6. The van der Waals surface area contributed by atoms with Gasteiger partial charge in [0.15, 0.2) is 17.5 Å². The lowest BCUT2D eigenvalue weighted by Gasteiger charge is -2.18. The SMILES string of the molecule is c1ccc(-c2nc(-c3ccccc3)nc(-c3cc(-c4cc5c(-c6ccccc6)nc6ccccc6c5c5ccccc45)cc(-c4cccc5cccnc45)c3)n2)cc1. The molecule has 0 saturated heterocycles. The molecule has 0 fully saturated rings. The molecule has 0 N–H and O–H groups in total. The second kappa shape index (κ2) is 14.0. The van der Waals surface area contributed by atoms with Crippen LogP contribution in [0.2, 0.25) is 0 Å². The molecule has 0 spiro atoms. The van der Waals surface area contributed by atoms with E-state index in [2.05, 4.69) is 127 Å². The molecule has 3 aromatic heterocycles. The number of hydrogen-bond donors (Lipinski definition) is 0. The van der Waals surface area contributed by atoms with Gasteiger partial charge in [-0.15, -0.1) is 0 Å². The first-order valence-corrected chi connectivity index (χ1v) is 19.4. The van der Waals surface area contributed by atoms with Gasteiger partial charge in [0.1, 0.15) is 0 Å². The van der Waals surface area contributed by atoms with Crippen molar-refractivity contribution in [2.45, 2.75) is 0 Å². The number of hydrogen-bond acceptors (Lipinski definition) is 5. The van der Waals surface area contributed by atoms with Crippen molar-refractivity contribution in [3.8, 4) is 67.7 Å². The molecule has 11 rings (SSSR count). The van der Waals surface area contributed by atoms with Crippen molar-refractivity contribution in [1.29, 1.82) is 0 Å². The van der Waals surface area contributed by atoms with Crippen molar-refractivity contribution in [2.24, 2.45) is 0 Å². The minimum atomic E-state index is 0.590. The van der Waals surface area contributed by atoms with Crippen molar-refractivity contribution >= 4 is 43.4 Å². The Kier molecular flexibility index (Phi) is 8.07. The largest absolute Gasteiger partial charge is 0.256 e. The second-order valence-corrected chi connectivity index (χ2v) is 14.5. The normalized spacial score (nSPS) is 11.4. The topological polar surface area (TPSA) is 64.5 Å². The molecule has 11 aromatic rings. The summed E-state index contributed by atoms with van der Waals surface area (Å²) in [6.45, 7) is 0. The highest BCUT2D eigenvalue weighted by Gasteiger charge is 2.20. The molecule has 58 heavy (non-hydrogen) atoms. The summed E-state index contributed by atoms with van der Waals surface area (Å²) in [6, 6.07) is 67.4. The van der Waals surface area contributed by atoms with Crippen molar-refractivity contribution in [1.82, 2.24) is 24.9 Å². The molecule has 0 radical (unpaired) electrons. The molecular formula is C53H33N5. The van der Waals surface area contributed by atoms with Crippen LogP contribution in [0.15, 0.2) is 200 Å². The van der Waals surface area contributed by atoms with Gasteiger partial charge in [0, 0.05) is 55.6 Å². The molecule has 5 nitrogen and oxygen atoms in total. The lowest BCUT2D eigenvalue weighted by molar-refractivity contribution is 1.07. The van der Waals surface area contributed by atoms with E-state index in [1.54, 1.807) is 0 Å². The van der Waals surface area contributed by atoms with Gasteiger partial charge < -0.3 is 0 Å². The zero-order chi connectivity index (χ0) is 38.4. The van der Waals surface area contributed by atoms with E-state index >= 15 is 0 Å². The Morgan fingerprint density at radius 3 is 1.53 bits per heavy atom. The first kappa shape index (κ1) is 33.4. The van der Waals surface area contributed by atoms with Crippen molar-refractivity contribution < 1.29 is 0 Å². The van der Waals surface area contributed by atoms with Crippen LogP contribution in [0.25, 0.3) is 111 Å². The highest BCUT2D eigenvalue weighted by molar-refractivity contribution is 6.25. The quantitative estimate of drug-likeness (QED) is 0.159. The van der Waals surface area contributed by atoms with E-state index in [-0.39, 0.29) is 0 Å². The minimum Gasteiger partial charge on any atom is -0.256 e. The van der Waals surface area contributed by atoms with E-state index in [0.717, 1.165) is 82.8 Å². The van der Waals surface area contributed by atoms with Crippen LogP contribution >= 0.6 is 0 Å². The Hall–Kier alpha value is -7.89. The highest BCUT2D eigenvalue weighted by atomic mass is 15.0. The summed E-state index contributed by atoms with van der Waals surface area (Å²) in [7, 11) is 0. The summed E-state index contributed by atoms with van der Waals surface area (Å²) < 4.78 is 0. The van der Waals surface area contributed by atoms with Crippen LogP contribution in [0.3, 0.4) is 0 Å². The fraction of sp³-hybridized carbons (Fsp3) is 0. The third kappa shape index (κ3) is 5.85. The van der Waals surface area contributed by atoms with Crippen LogP contribution in [0.1, 0.15) is 0 Å². The third-order valence-electron chi connectivity index (χ3n) is 10.9. The fourth-order valence-electron chi connectivity index (χ4n) is 8.21. The summed E-state index contributed by atoms with van der Waals surface area (Å²) in [5, 5.41) is 6.80. The predicted octanol–water partition coefficient (Wildman–Crippen LogP) is 13.3. The summed E-state index contributed by atoms with van der Waals surface area (Å²) in [6.07, 6.45) is 1.86. The molecule has 0 bridgehead atoms. The average Bonchev–Trinajstić information content (AvgIpc) is 3.31. The van der Waals surface area contributed by atoms with Crippen LogP contribution in [0, 0.1) is 0 Å². The standard InChI is InChI=1S/C53H33N5/c1-4-16-35(17-5-1)50-46-33-45(42-24-10-11-25-43(42)48(46)44-26-12-13-28-47(44)55-50)39-30-38(41-27-14-22-34-23-15-29-54-49(34)41)31-40(32-39)53-57-51(36-18-6-2-7-19-36)56-52(58-53)37-20-8-3-9-21-37/h1-33H. The van der Waals surface area contributed by atoms with Crippen LogP contribution < -0.4 is 0 Å². The summed E-state index contributed by atoms with van der Waals surface area (Å²) in [5.41, 5.74) is 10.8. The molecule has 0 atom stereocenters. The lowest BCUT2D eigenvalue weighted by atomic mass is 9.88. The van der Waals surface area contributed by atoms with E-state index in [9.17, 15) is 0 Å². The van der Waals surface area contributed by atoms with Crippen molar-refractivity contribution in [3.05, 3.63) is 200 Å². The van der Waals surface area contributed by atoms with Crippen LogP contribution in [0.5, 0.6) is 0 Å². The molecule has 0 amide bonds. The zero-order valence-corrected chi connectivity index (χ0v) is 31.3. The molecule has 0 saturated carbocycles. The molecule has 0 unspecified atom stereocenters. The smallest absolute Gasteiger partial charge is 0.164 e. The first-order chi connectivity index (χ1) is 28.7. The Bertz CT molecular complexity index is 3270. The monoisotopic (exact) mass is 739 g/mol. The van der Waals surface area contributed by atoms with Crippen molar-refractivity contribution in [3.63, 3.8) is 0 Å². The molecule has 3 heterocycles. The number of fused-ring (bicyclic) bond motifs is 6. The Labute approximate surface area is 335 Å². The van der Waals surface area contributed by atoms with Gasteiger partial charge in [-0.2, -0.15) is 0 Å². The Morgan fingerprint density at radius 2 is 0.845 bits per heavy atom. The second-order valence-electron chi connectivity index (χ2n) is 14.5. The van der Waals surface area contributed by atoms with Gasteiger partial charge in [0.05, 0.1) is 16.7 Å². The molecule has 0 aliphatic heterocycles. The minimum absolute atomic E-state index is 0.590. The maximum atomic E-state index is 5.32. The van der Waals surface area contributed by atoms with Gasteiger partial charge in [-0.1, -0.05) is 158 Å². The maximum Gasteiger partial charge on any atom is 0.164 e. The number of pyridine rings is 2. The van der Waals surface area contributed by atoms with Crippen LogP contribution in [0.4, 0.5) is 0 Å². The fourth-order valence-corrected chi connectivity index (χ4v) is 8.21. The molecular weight excluding hydrogens is 707 g/mol. The molecule has 0 aliphatic carbocycles. The van der Waals surface area contributed by atoms with E-state index in [1.807, 2.05) is 72.9 Å². The van der Waals surface area contributed by atoms with Crippen LogP contribution in [-0.4, -0.2) is 24.9 Å². The number of benzene rings is 8. The highest BCUT2D eigenvalue weighted by Crippen LogP contribution is 2.43. The van der Waals surface area contributed by atoms with E-state index in [1.165, 1.54) is 10.8 Å². The molecule has 5 heteroatoms. The van der Waals surface area contributed by atoms with E-state index in [4.69, 9.17) is 24.9 Å². The predicted molar refractivity (Wildman–Crippen MR) is 238 cm³/mol. The van der Waals surface area contributed by atoms with Crippen molar-refractivity contribution in [2.75, 3.05) is 0 Å². The van der Waals surface area contributed by atoms with Gasteiger partial charge in [-0.3, -0.25) is 4.98 Å². The number of aromatic nitrogens is 5. The summed E-state index contributed by atoms with van der Waals surface area (Å²) in [5.74, 6) is 1.82. The first-order valence-electron chi connectivity index (χ1n) is 19.4. The third-order valence-corrected chi connectivity index (χ3v) is 10.9. The number of rotatable bonds is 6. The molecule has 270 valence electrons. The Morgan fingerprint density at radius 1 is 0.310 bits per heavy atom. The molecule has 8 aromatic carbocycles. The molecule has 0 aliphatic rings. The van der Waals surface area contributed by atoms with Gasteiger partial charge in [-0.25, -0.2) is 19.9 Å². The lowest BCUT2D eigenvalue weighted by Crippen LogP contribution is -2.00. The maximum absolute atomic E-state index is 5.32. The van der Waals surface area contributed by atoms with Gasteiger partial charge in [0.2, 0.25) is 0 Å². The average molecular weight is 740 g/mol. The van der Waals surface area contributed by atoms with Crippen LogP contribution in [-0.2, 0) is 0 Å². The summed E-state index contributed by atoms with van der Waals surface area (Å²) >= 11 is 0. The Balaban J connectivity index is 1.24.